The molecule has 306 valence electrons. The fourth-order valence-corrected chi connectivity index (χ4v) is 10.7. The molecule has 0 atom stereocenters. The van der Waals surface area contributed by atoms with Crippen molar-refractivity contribution in [1.29, 1.82) is 0 Å². The number of aryl methyl sites for hydroxylation is 1. The van der Waals surface area contributed by atoms with Gasteiger partial charge in [-0.1, -0.05) is 65.9 Å². The summed E-state index contributed by atoms with van der Waals surface area (Å²) in [5.41, 5.74) is 5.63. The predicted molar refractivity (Wildman–Crippen MR) is 230 cm³/mol. The summed E-state index contributed by atoms with van der Waals surface area (Å²) in [7, 11) is -4.51. The summed E-state index contributed by atoms with van der Waals surface area (Å²) >= 11 is 1.94. The van der Waals surface area contributed by atoms with E-state index in [1.54, 1.807) is 12.1 Å². The first kappa shape index (κ1) is 40.2. The van der Waals surface area contributed by atoms with E-state index in [0.29, 0.717) is 25.4 Å². The minimum Gasteiger partial charge on any atom is -0.455 e. The molecule has 0 fully saturated rings. The van der Waals surface area contributed by atoms with Crippen LogP contribution in [0.5, 0.6) is 11.5 Å². The van der Waals surface area contributed by atoms with Crippen LogP contribution in [0.15, 0.2) is 82.6 Å². The Morgan fingerprint density at radius 2 is 1.59 bits per heavy atom. The molecule has 3 aliphatic heterocycles. The highest BCUT2D eigenvalue weighted by atomic mass is 32.2. The van der Waals surface area contributed by atoms with Gasteiger partial charge in [-0.2, -0.15) is 8.42 Å². The van der Waals surface area contributed by atoms with Gasteiger partial charge in [-0.3, -0.25) is 4.55 Å². The standard InChI is InChI=1S/C44H42N2O10S3/c1-25-7-9-26(10-8-25)22-46-24-44(4,5)38-40(46)34-20-30(59(49,50)51)13-14-31(34)35-21-36-32-18-27-11-12-29(58-56-54-48)17-28(27)19-33(32)39-37(42(36)52-41(35)38)43(2,3)23-45(39)15-6-16-57-55-53-47/h7-14,17-21H,6,15-16,22-24H2,1-5H3,(H2-,47,48,49,50,51)/p+1. The van der Waals surface area contributed by atoms with E-state index in [-0.39, 0.29) is 10.3 Å². The molecule has 9 rings (SSSR count). The Balaban J connectivity index is 1.36. The number of hydrogen-bond donors (Lipinski definition) is 3. The van der Waals surface area contributed by atoms with Crippen LogP contribution in [0.3, 0.4) is 0 Å². The zero-order valence-electron chi connectivity index (χ0n) is 33.1. The van der Waals surface area contributed by atoms with Gasteiger partial charge in [0.1, 0.15) is 11.5 Å². The lowest BCUT2D eigenvalue weighted by atomic mass is 9.80. The van der Waals surface area contributed by atoms with Crippen molar-refractivity contribution in [1.82, 2.24) is 4.58 Å². The van der Waals surface area contributed by atoms with Crippen molar-refractivity contribution in [2.45, 2.75) is 68.2 Å². The molecule has 3 heterocycles. The van der Waals surface area contributed by atoms with Crippen LogP contribution in [-0.4, -0.2) is 48.9 Å². The van der Waals surface area contributed by atoms with E-state index in [2.05, 4.69) is 101 Å². The quantitative estimate of drug-likeness (QED) is 0.0205. The highest BCUT2D eigenvalue weighted by Crippen LogP contribution is 2.55. The lowest BCUT2D eigenvalue weighted by Crippen LogP contribution is -2.30. The third-order valence-corrected chi connectivity index (χ3v) is 13.8. The van der Waals surface area contributed by atoms with E-state index < -0.39 is 15.5 Å². The maximum absolute atomic E-state index is 12.7. The van der Waals surface area contributed by atoms with Crippen LogP contribution >= 0.6 is 24.1 Å². The minimum absolute atomic E-state index is 0.164. The molecule has 59 heavy (non-hydrogen) atoms. The Hall–Kier alpha value is -4.26. The van der Waals surface area contributed by atoms with E-state index in [1.807, 2.05) is 18.2 Å². The van der Waals surface area contributed by atoms with Crippen LogP contribution in [0.25, 0.3) is 38.4 Å². The monoisotopic (exact) mass is 855 g/mol. The van der Waals surface area contributed by atoms with Crippen LogP contribution in [0, 0.1) is 6.92 Å². The Bertz CT molecular complexity index is 2950. The molecule has 6 aromatic carbocycles. The summed E-state index contributed by atoms with van der Waals surface area (Å²) in [5, 5.41) is 32.4. The van der Waals surface area contributed by atoms with Gasteiger partial charge < -0.3 is 9.64 Å². The zero-order chi connectivity index (χ0) is 41.4. The van der Waals surface area contributed by atoms with Crippen LogP contribution in [0.4, 0.5) is 5.69 Å². The van der Waals surface area contributed by atoms with Crippen molar-refractivity contribution in [3.05, 3.63) is 111 Å². The lowest BCUT2D eigenvalue weighted by molar-refractivity contribution is -0.432. The summed E-state index contributed by atoms with van der Waals surface area (Å²) < 4.78 is 54.8. The Labute approximate surface area is 349 Å². The lowest BCUT2D eigenvalue weighted by Gasteiger charge is -2.28. The molecule has 0 aliphatic carbocycles. The number of nitrogens with zero attached hydrogens (tertiary/aromatic N) is 2. The SMILES string of the molecule is Cc1ccc(C[N+]2=c3c(c4c(c5ccc(S(=O)(=O)O)cc35)=Cc3c(c5c(c6cc7cc(SOOO)ccc7cc36)N(CCCSOOO)CC5(C)C)O4)C(C)(C)C2)cc1. The topological polar surface area (TPSA) is 147 Å². The number of hydrogen-bond acceptors (Lipinski definition) is 12. The molecule has 0 spiro atoms. The summed E-state index contributed by atoms with van der Waals surface area (Å²) in [6.45, 7) is 13.6. The Kier molecular flexibility index (Phi) is 10.2. The van der Waals surface area contributed by atoms with Crippen molar-refractivity contribution in [3.8, 4) is 11.5 Å². The predicted octanol–water partition coefficient (Wildman–Crippen LogP) is 8.60. The molecule has 0 radical (unpaired) electrons. The summed E-state index contributed by atoms with van der Waals surface area (Å²) in [6, 6.07) is 23.5. The van der Waals surface area contributed by atoms with E-state index in [1.165, 1.54) is 11.6 Å². The molecule has 12 nitrogen and oxygen atoms in total. The third-order valence-electron chi connectivity index (χ3n) is 11.8. The Morgan fingerprint density at radius 3 is 2.34 bits per heavy atom. The van der Waals surface area contributed by atoms with Crippen molar-refractivity contribution < 1.29 is 47.0 Å². The average Bonchev–Trinajstić information content (AvgIpc) is 3.63. The molecule has 0 unspecified atom stereocenters. The third kappa shape index (κ3) is 7.06. The molecule has 0 saturated heterocycles. The molecule has 0 saturated carbocycles. The number of benzene rings is 6. The van der Waals surface area contributed by atoms with Crippen LogP contribution in [-0.2, 0) is 46.2 Å². The van der Waals surface area contributed by atoms with Crippen LogP contribution in [0.2, 0.25) is 0 Å². The second-order valence-electron chi connectivity index (χ2n) is 16.8. The summed E-state index contributed by atoms with van der Waals surface area (Å²) in [5.74, 6) is 2.14. The molecule has 6 aromatic rings. The fraction of sp³-hybridized carbons (Fsp3) is 0.295. The van der Waals surface area contributed by atoms with Crippen molar-refractivity contribution in [2.75, 3.05) is 30.3 Å². The first-order chi connectivity index (χ1) is 28.2. The number of ether oxygens (including phenoxy) is 1. The first-order valence-electron chi connectivity index (χ1n) is 19.2. The van der Waals surface area contributed by atoms with Gasteiger partial charge in [0.2, 0.25) is 5.36 Å². The normalized spacial score (nSPS) is 16.3. The Morgan fingerprint density at radius 1 is 0.831 bits per heavy atom. The molecule has 15 heteroatoms. The van der Waals surface area contributed by atoms with E-state index in [0.717, 1.165) is 124 Å². The highest BCUT2D eigenvalue weighted by molar-refractivity contribution is 7.94. The maximum atomic E-state index is 12.7. The van der Waals surface area contributed by atoms with Gasteiger partial charge in [-0.15, -0.1) is 8.67 Å². The van der Waals surface area contributed by atoms with Crippen molar-refractivity contribution in [3.63, 3.8) is 0 Å². The zero-order valence-corrected chi connectivity index (χ0v) is 35.5. The summed E-state index contributed by atoms with van der Waals surface area (Å²) in [4.78, 5) is 2.98. The highest BCUT2D eigenvalue weighted by Gasteiger charge is 2.45. The first-order valence-corrected chi connectivity index (χ1v) is 22.3. The molecule has 3 N–H and O–H groups in total. The second-order valence-corrected chi connectivity index (χ2v) is 19.8. The largest absolute Gasteiger partial charge is 0.455 e. The van der Waals surface area contributed by atoms with Gasteiger partial charge in [0, 0.05) is 68.5 Å². The molecule has 0 amide bonds. The maximum Gasteiger partial charge on any atom is 0.294 e. The molecule has 3 aliphatic rings. The fourth-order valence-electron chi connectivity index (χ4n) is 9.45. The smallest absolute Gasteiger partial charge is 0.294 e. The van der Waals surface area contributed by atoms with Gasteiger partial charge in [0.25, 0.3) is 10.1 Å². The number of fused-ring (bicyclic) bond motifs is 13. The molecular weight excluding hydrogens is 813 g/mol. The van der Waals surface area contributed by atoms with Gasteiger partial charge in [0.05, 0.1) is 39.0 Å². The average molecular weight is 856 g/mol. The number of rotatable bonds is 12. The van der Waals surface area contributed by atoms with Gasteiger partial charge in [-0.25, -0.2) is 15.1 Å². The second kappa shape index (κ2) is 15.0. The van der Waals surface area contributed by atoms with Crippen LogP contribution in [0.1, 0.15) is 61.9 Å². The van der Waals surface area contributed by atoms with E-state index in [9.17, 15) is 13.0 Å². The van der Waals surface area contributed by atoms with E-state index in [4.69, 9.17) is 19.6 Å². The van der Waals surface area contributed by atoms with E-state index >= 15 is 0 Å². The molecule has 0 bridgehead atoms. The minimum atomic E-state index is -4.51. The number of anilines is 1. The van der Waals surface area contributed by atoms with Gasteiger partial charge >= 0.3 is 0 Å². The molecular formula is C44H43N2O10S3+. The van der Waals surface area contributed by atoms with Gasteiger partial charge in [0.15, 0.2) is 13.1 Å². The van der Waals surface area contributed by atoms with Gasteiger partial charge in [-0.05, 0) is 91.2 Å². The summed E-state index contributed by atoms with van der Waals surface area (Å²) in [6.07, 6.45) is 2.95. The van der Waals surface area contributed by atoms with Crippen molar-refractivity contribution >= 4 is 78.3 Å². The van der Waals surface area contributed by atoms with Crippen LogP contribution < -0.4 is 24.8 Å². The van der Waals surface area contributed by atoms with Crippen molar-refractivity contribution in [2.24, 2.45) is 0 Å². The molecule has 0 aromatic heterocycles.